The van der Waals surface area contributed by atoms with Crippen LogP contribution in [0.15, 0.2) is 36.9 Å². The minimum Gasteiger partial charge on any atom is -0.496 e. The van der Waals surface area contributed by atoms with E-state index < -0.39 is 17.8 Å². The van der Waals surface area contributed by atoms with Gasteiger partial charge in [0.25, 0.3) is 5.91 Å². The molecule has 1 aromatic heterocycles. The highest BCUT2D eigenvalue weighted by molar-refractivity contribution is 7.18. The molecule has 1 aromatic carbocycles. The number of para-hydroxylation sites is 1. The summed E-state index contributed by atoms with van der Waals surface area (Å²) in [5.41, 5.74) is 0.801. The monoisotopic (exact) mass is 403 g/mol. The number of nitrogens with one attached hydrogen (secondary N) is 1. The molecule has 0 saturated carbocycles. The average Bonchev–Trinajstić information content (AvgIpc) is 3.02. The zero-order valence-electron chi connectivity index (χ0n) is 15.9. The lowest BCUT2D eigenvalue weighted by molar-refractivity contribution is 0.0527. The molecular formula is C20H21NO6S. The summed E-state index contributed by atoms with van der Waals surface area (Å²) >= 11 is 0.953. The van der Waals surface area contributed by atoms with Crippen molar-refractivity contribution in [3.05, 3.63) is 58.5 Å². The summed E-state index contributed by atoms with van der Waals surface area (Å²) in [6.07, 6.45) is 1.44. The van der Waals surface area contributed by atoms with Crippen molar-refractivity contribution >= 4 is 34.2 Å². The maximum atomic E-state index is 12.7. The molecule has 0 aliphatic heterocycles. The Labute approximate surface area is 166 Å². The van der Waals surface area contributed by atoms with E-state index in [4.69, 9.17) is 14.2 Å². The van der Waals surface area contributed by atoms with E-state index in [1.165, 1.54) is 13.2 Å². The number of esters is 2. The standard InChI is InChI=1S/C20H21NO6S/c1-5-11-27-20(24)16-12(3)15(19(23)26-6-2)18(28-16)21-17(22)13-9-7-8-10-14(13)25-4/h5,7-10H,1,6,11H2,2-4H3,(H,21,22). The molecule has 1 amide bonds. The van der Waals surface area contributed by atoms with Gasteiger partial charge in [-0.1, -0.05) is 24.8 Å². The fourth-order valence-corrected chi connectivity index (χ4v) is 3.53. The number of ether oxygens (including phenoxy) is 3. The number of rotatable bonds is 8. The van der Waals surface area contributed by atoms with Crippen LogP contribution in [0.4, 0.5) is 5.00 Å². The lowest BCUT2D eigenvalue weighted by Gasteiger charge is -2.09. The van der Waals surface area contributed by atoms with Crippen LogP contribution in [-0.4, -0.2) is 38.2 Å². The highest BCUT2D eigenvalue weighted by atomic mass is 32.1. The number of hydrogen-bond donors (Lipinski definition) is 1. The van der Waals surface area contributed by atoms with E-state index >= 15 is 0 Å². The molecule has 0 fully saturated rings. The molecule has 0 spiro atoms. The molecule has 28 heavy (non-hydrogen) atoms. The van der Waals surface area contributed by atoms with Crippen LogP contribution in [0.2, 0.25) is 0 Å². The fraction of sp³-hybridized carbons (Fsp3) is 0.250. The Morgan fingerprint density at radius 3 is 2.54 bits per heavy atom. The molecule has 8 heteroatoms. The van der Waals surface area contributed by atoms with Gasteiger partial charge in [-0.25, -0.2) is 9.59 Å². The molecule has 2 rings (SSSR count). The Balaban J connectivity index is 2.43. The maximum absolute atomic E-state index is 12.7. The molecule has 0 aliphatic carbocycles. The first-order valence-corrected chi connectivity index (χ1v) is 9.29. The van der Waals surface area contributed by atoms with Gasteiger partial charge < -0.3 is 19.5 Å². The SMILES string of the molecule is C=CCOC(=O)c1sc(NC(=O)c2ccccc2OC)c(C(=O)OCC)c1C. The van der Waals surface area contributed by atoms with Crippen LogP contribution >= 0.6 is 11.3 Å². The molecule has 0 aliphatic rings. The van der Waals surface area contributed by atoms with Gasteiger partial charge in [-0.3, -0.25) is 4.79 Å². The quantitative estimate of drug-likeness (QED) is 0.532. The van der Waals surface area contributed by atoms with Crippen molar-refractivity contribution in [1.29, 1.82) is 0 Å². The van der Waals surface area contributed by atoms with Gasteiger partial charge in [-0.05, 0) is 31.5 Å². The van der Waals surface area contributed by atoms with E-state index in [0.717, 1.165) is 11.3 Å². The third-order valence-electron chi connectivity index (χ3n) is 3.72. The number of benzene rings is 1. The summed E-state index contributed by atoms with van der Waals surface area (Å²) in [7, 11) is 1.46. The molecule has 1 N–H and O–H groups in total. The largest absolute Gasteiger partial charge is 0.496 e. The average molecular weight is 403 g/mol. The Bertz CT molecular complexity index is 902. The minimum atomic E-state index is -0.630. The molecule has 2 aromatic rings. The number of thiophene rings is 1. The Kier molecular flexibility index (Phi) is 7.34. The smallest absolute Gasteiger partial charge is 0.348 e. The van der Waals surface area contributed by atoms with E-state index in [1.807, 2.05) is 0 Å². The number of hydrogen-bond acceptors (Lipinski definition) is 7. The first-order chi connectivity index (χ1) is 13.4. The first-order valence-electron chi connectivity index (χ1n) is 8.47. The molecule has 0 bridgehead atoms. The summed E-state index contributed by atoms with van der Waals surface area (Å²) < 4.78 is 15.3. The van der Waals surface area contributed by atoms with Gasteiger partial charge in [0.05, 0.1) is 24.8 Å². The van der Waals surface area contributed by atoms with Crippen molar-refractivity contribution in [2.45, 2.75) is 13.8 Å². The zero-order chi connectivity index (χ0) is 20.7. The van der Waals surface area contributed by atoms with Crippen LogP contribution < -0.4 is 10.1 Å². The second-order valence-electron chi connectivity index (χ2n) is 5.52. The summed E-state index contributed by atoms with van der Waals surface area (Å²) in [5, 5.41) is 2.89. The van der Waals surface area contributed by atoms with Crippen LogP contribution in [0.3, 0.4) is 0 Å². The normalized spacial score (nSPS) is 10.1. The van der Waals surface area contributed by atoms with Crippen molar-refractivity contribution in [2.24, 2.45) is 0 Å². The molecule has 148 valence electrons. The summed E-state index contributed by atoms with van der Waals surface area (Å²) in [6, 6.07) is 6.68. The molecule has 0 unspecified atom stereocenters. The molecule has 1 heterocycles. The van der Waals surface area contributed by atoms with Crippen LogP contribution in [0.5, 0.6) is 5.75 Å². The van der Waals surface area contributed by atoms with Crippen molar-refractivity contribution < 1.29 is 28.6 Å². The third-order valence-corrected chi connectivity index (χ3v) is 4.91. The molecule has 0 radical (unpaired) electrons. The Morgan fingerprint density at radius 2 is 1.89 bits per heavy atom. The number of methoxy groups -OCH3 is 1. The molecule has 0 saturated heterocycles. The molecular weight excluding hydrogens is 382 g/mol. The summed E-state index contributed by atoms with van der Waals surface area (Å²) in [5.74, 6) is -1.33. The third kappa shape index (κ3) is 4.58. The fourth-order valence-electron chi connectivity index (χ4n) is 2.45. The first kappa shape index (κ1) is 21.2. The minimum absolute atomic E-state index is 0.0355. The van der Waals surface area contributed by atoms with E-state index in [-0.39, 0.29) is 28.7 Å². The predicted octanol–water partition coefficient (Wildman–Crippen LogP) is 3.84. The summed E-state index contributed by atoms with van der Waals surface area (Å²) in [4.78, 5) is 37.6. The van der Waals surface area contributed by atoms with Gasteiger partial charge >= 0.3 is 11.9 Å². The van der Waals surface area contributed by atoms with Gasteiger partial charge in [0, 0.05) is 0 Å². The van der Waals surface area contributed by atoms with E-state index in [2.05, 4.69) is 11.9 Å². The van der Waals surface area contributed by atoms with Crippen molar-refractivity contribution in [3.8, 4) is 5.75 Å². The molecule has 0 atom stereocenters. The van der Waals surface area contributed by atoms with Crippen LogP contribution in [-0.2, 0) is 9.47 Å². The topological polar surface area (TPSA) is 90.9 Å². The van der Waals surface area contributed by atoms with Gasteiger partial charge in [-0.2, -0.15) is 0 Å². The van der Waals surface area contributed by atoms with Gasteiger partial charge in [0.2, 0.25) is 0 Å². The van der Waals surface area contributed by atoms with Crippen LogP contribution in [0.1, 0.15) is 42.9 Å². The van der Waals surface area contributed by atoms with E-state index in [1.54, 1.807) is 38.1 Å². The Morgan fingerprint density at radius 1 is 1.18 bits per heavy atom. The Hall–Kier alpha value is -3.13. The highest BCUT2D eigenvalue weighted by Gasteiger charge is 2.28. The van der Waals surface area contributed by atoms with Crippen molar-refractivity contribution in [3.63, 3.8) is 0 Å². The number of carbonyl (C=O) groups excluding carboxylic acids is 3. The lowest BCUT2D eigenvalue weighted by Crippen LogP contribution is -2.15. The zero-order valence-corrected chi connectivity index (χ0v) is 16.7. The van der Waals surface area contributed by atoms with Gasteiger partial charge in [0.1, 0.15) is 22.2 Å². The van der Waals surface area contributed by atoms with Crippen molar-refractivity contribution in [2.75, 3.05) is 25.6 Å². The predicted molar refractivity (Wildman–Crippen MR) is 106 cm³/mol. The second kappa shape index (κ2) is 9.70. The number of carbonyl (C=O) groups is 3. The van der Waals surface area contributed by atoms with Crippen molar-refractivity contribution in [1.82, 2.24) is 0 Å². The van der Waals surface area contributed by atoms with Crippen LogP contribution in [0.25, 0.3) is 0 Å². The molecule has 7 nitrogen and oxygen atoms in total. The maximum Gasteiger partial charge on any atom is 0.348 e. The van der Waals surface area contributed by atoms with Gasteiger partial charge in [-0.15, -0.1) is 11.3 Å². The number of anilines is 1. The highest BCUT2D eigenvalue weighted by Crippen LogP contribution is 2.35. The second-order valence-corrected chi connectivity index (χ2v) is 6.54. The lowest BCUT2D eigenvalue weighted by atomic mass is 10.1. The van der Waals surface area contributed by atoms with Gasteiger partial charge in [0.15, 0.2) is 0 Å². The van der Waals surface area contributed by atoms with E-state index in [9.17, 15) is 14.4 Å². The number of amides is 1. The summed E-state index contributed by atoms with van der Waals surface area (Å²) in [6.45, 7) is 6.96. The van der Waals surface area contributed by atoms with E-state index in [0.29, 0.717) is 16.9 Å². The van der Waals surface area contributed by atoms with Crippen LogP contribution in [0, 0.1) is 6.92 Å².